The number of carbonyl (C=O) groups is 2. The average molecular weight is 316 g/mol. The van der Waals surface area contributed by atoms with Gasteiger partial charge >= 0.3 is 12.1 Å². The third-order valence-corrected chi connectivity index (χ3v) is 3.01. The van der Waals surface area contributed by atoms with Crippen molar-refractivity contribution in [3.05, 3.63) is 0 Å². The molecule has 0 saturated heterocycles. The van der Waals surface area contributed by atoms with E-state index in [0.29, 0.717) is 6.54 Å². The zero-order valence-electron chi connectivity index (χ0n) is 14.5. The lowest BCUT2D eigenvalue weighted by Gasteiger charge is -2.25. The van der Waals surface area contributed by atoms with Gasteiger partial charge in [-0.1, -0.05) is 45.4 Å². The van der Waals surface area contributed by atoms with Crippen molar-refractivity contribution in [1.82, 2.24) is 10.4 Å². The highest BCUT2D eigenvalue weighted by atomic mass is 16.6. The van der Waals surface area contributed by atoms with E-state index in [9.17, 15) is 9.59 Å². The molecule has 0 heterocycles. The Balaban J connectivity index is 4.02. The third kappa shape index (κ3) is 13.7. The molecule has 0 aliphatic heterocycles. The van der Waals surface area contributed by atoms with Crippen molar-refractivity contribution in [3.8, 4) is 0 Å². The second kappa shape index (κ2) is 11.3. The first-order valence-electron chi connectivity index (χ1n) is 8.21. The molecule has 0 aromatic rings. The number of hydrogen-bond acceptors (Lipinski definition) is 4. The monoisotopic (exact) mass is 316 g/mol. The molecule has 130 valence electrons. The van der Waals surface area contributed by atoms with Crippen molar-refractivity contribution in [3.63, 3.8) is 0 Å². The van der Waals surface area contributed by atoms with Crippen molar-refractivity contribution >= 4 is 12.1 Å². The molecular formula is C16H32N2O4. The van der Waals surface area contributed by atoms with Gasteiger partial charge in [0.15, 0.2) is 0 Å². The van der Waals surface area contributed by atoms with Gasteiger partial charge in [-0.05, 0) is 27.2 Å². The van der Waals surface area contributed by atoms with E-state index in [1.165, 1.54) is 30.7 Å². The summed E-state index contributed by atoms with van der Waals surface area (Å²) in [5.41, 5.74) is 1.91. The molecule has 6 heteroatoms. The molecule has 0 atom stereocenters. The van der Waals surface area contributed by atoms with Crippen LogP contribution in [0.5, 0.6) is 0 Å². The first kappa shape index (κ1) is 20.7. The number of carboxylic acid groups (broad SMARTS) is 1. The molecule has 0 spiro atoms. The van der Waals surface area contributed by atoms with Gasteiger partial charge in [-0.3, -0.25) is 10.2 Å². The first-order valence-corrected chi connectivity index (χ1v) is 8.21. The second-order valence-electron chi connectivity index (χ2n) is 6.55. The van der Waals surface area contributed by atoms with Crippen molar-refractivity contribution in [2.45, 2.75) is 78.2 Å². The number of rotatable bonds is 11. The highest BCUT2D eigenvalue weighted by molar-refractivity contribution is 5.71. The minimum Gasteiger partial charge on any atom is -0.480 e. The van der Waals surface area contributed by atoms with Crippen LogP contribution in [0.1, 0.15) is 72.6 Å². The molecule has 0 aliphatic carbocycles. The summed E-state index contributed by atoms with van der Waals surface area (Å²) in [6.45, 7) is 7.78. The summed E-state index contributed by atoms with van der Waals surface area (Å²) in [6, 6.07) is 0. The molecule has 0 aromatic heterocycles. The fourth-order valence-electron chi connectivity index (χ4n) is 2.03. The largest absolute Gasteiger partial charge is 0.480 e. The Bertz CT molecular complexity index is 327. The van der Waals surface area contributed by atoms with E-state index < -0.39 is 17.7 Å². The molecule has 1 amide bonds. The summed E-state index contributed by atoms with van der Waals surface area (Å²) in [4.78, 5) is 22.5. The van der Waals surface area contributed by atoms with Gasteiger partial charge in [-0.25, -0.2) is 9.80 Å². The number of carboxylic acids is 1. The number of amides is 1. The Labute approximate surface area is 134 Å². The molecule has 0 aromatic carbocycles. The van der Waals surface area contributed by atoms with Gasteiger partial charge in [0.05, 0.1) is 0 Å². The highest BCUT2D eigenvalue weighted by Gasteiger charge is 2.19. The van der Waals surface area contributed by atoms with Gasteiger partial charge in [-0.2, -0.15) is 0 Å². The molecule has 0 rings (SSSR count). The topological polar surface area (TPSA) is 78.9 Å². The number of nitrogens with one attached hydrogen (secondary N) is 1. The van der Waals surface area contributed by atoms with Gasteiger partial charge in [0.2, 0.25) is 0 Å². The minimum atomic E-state index is -0.973. The highest BCUT2D eigenvalue weighted by Crippen LogP contribution is 2.08. The number of hydrogen-bond donors (Lipinski definition) is 2. The lowest BCUT2D eigenvalue weighted by Crippen LogP contribution is -2.47. The van der Waals surface area contributed by atoms with Crippen LogP contribution in [-0.2, 0) is 9.53 Å². The average Bonchev–Trinajstić information content (AvgIpc) is 2.34. The number of ether oxygens (including phenoxy) is 1. The molecule has 0 saturated carbocycles. The molecule has 0 aliphatic rings. The van der Waals surface area contributed by atoms with Crippen LogP contribution in [0.2, 0.25) is 0 Å². The van der Waals surface area contributed by atoms with Crippen LogP contribution < -0.4 is 5.43 Å². The summed E-state index contributed by atoms with van der Waals surface area (Å²) in [5, 5.41) is 10.3. The van der Waals surface area contributed by atoms with E-state index in [0.717, 1.165) is 19.3 Å². The summed E-state index contributed by atoms with van der Waals surface area (Å²) >= 11 is 0. The summed E-state index contributed by atoms with van der Waals surface area (Å²) in [6.07, 6.45) is 7.39. The first-order chi connectivity index (χ1) is 10.2. The molecule has 0 radical (unpaired) electrons. The van der Waals surface area contributed by atoms with Crippen molar-refractivity contribution < 1.29 is 19.4 Å². The molecule has 22 heavy (non-hydrogen) atoms. The normalized spacial score (nSPS) is 11.5. The number of hydrazine groups is 1. The van der Waals surface area contributed by atoms with E-state index >= 15 is 0 Å². The van der Waals surface area contributed by atoms with E-state index in [1.807, 2.05) is 0 Å². The Morgan fingerprint density at radius 3 is 2.09 bits per heavy atom. The van der Waals surface area contributed by atoms with Crippen LogP contribution in [0.15, 0.2) is 0 Å². The van der Waals surface area contributed by atoms with E-state index in [1.54, 1.807) is 20.8 Å². The Morgan fingerprint density at radius 2 is 1.59 bits per heavy atom. The summed E-state index contributed by atoms with van der Waals surface area (Å²) in [5.74, 6) is -0.973. The van der Waals surface area contributed by atoms with Crippen molar-refractivity contribution in [2.75, 3.05) is 13.1 Å². The number of carbonyl (C=O) groups excluding carboxylic acids is 1. The molecule has 0 bridgehead atoms. The molecular weight excluding hydrogens is 284 g/mol. The quantitative estimate of drug-likeness (QED) is 0.450. The van der Waals surface area contributed by atoms with Gasteiger partial charge in [0.1, 0.15) is 12.1 Å². The maximum absolute atomic E-state index is 11.7. The fraction of sp³-hybridized carbons (Fsp3) is 0.875. The minimum absolute atomic E-state index is 0.227. The number of nitrogens with zero attached hydrogens (tertiary/aromatic N) is 1. The van der Waals surface area contributed by atoms with Crippen LogP contribution in [0.25, 0.3) is 0 Å². The van der Waals surface area contributed by atoms with Gasteiger partial charge in [0.25, 0.3) is 0 Å². The smallest absolute Gasteiger partial charge is 0.422 e. The van der Waals surface area contributed by atoms with Crippen LogP contribution in [-0.4, -0.2) is 40.9 Å². The zero-order valence-corrected chi connectivity index (χ0v) is 14.5. The summed E-state index contributed by atoms with van der Waals surface area (Å²) in [7, 11) is 0. The van der Waals surface area contributed by atoms with Gasteiger partial charge in [-0.15, -0.1) is 0 Å². The molecule has 0 unspecified atom stereocenters. The second-order valence-corrected chi connectivity index (χ2v) is 6.55. The lowest BCUT2D eigenvalue weighted by molar-refractivity contribution is -0.139. The van der Waals surface area contributed by atoms with E-state index in [-0.39, 0.29) is 6.54 Å². The van der Waals surface area contributed by atoms with Gasteiger partial charge in [0, 0.05) is 6.54 Å². The van der Waals surface area contributed by atoms with Crippen LogP contribution in [0, 0.1) is 0 Å². The Morgan fingerprint density at radius 1 is 1.05 bits per heavy atom. The van der Waals surface area contributed by atoms with Crippen molar-refractivity contribution in [2.24, 2.45) is 0 Å². The van der Waals surface area contributed by atoms with E-state index in [2.05, 4.69) is 12.3 Å². The maximum atomic E-state index is 11.7. The third-order valence-electron chi connectivity index (χ3n) is 3.01. The Hall–Kier alpha value is -1.30. The lowest BCUT2D eigenvalue weighted by atomic mass is 10.1. The van der Waals surface area contributed by atoms with Crippen molar-refractivity contribution in [1.29, 1.82) is 0 Å². The molecule has 6 nitrogen and oxygen atoms in total. The fourth-order valence-corrected chi connectivity index (χ4v) is 2.03. The van der Waals surface area contributed by atoms with Crippen LogP contribution >= 0.6 is 0 Å². The zero-order chi connectivity index (χ0) is 17.0. The van der Waals surface area contributed by atoms with Gasteiger partial charge < -0.3 is 9.84 Å². The predicted octanol–water partition coefficient (Wildman–Crippen LogP) is 3.56. The Kier molecular flexibility index (Phi) is 10.6. The predicted molar refractivity (Wildman–Crippen MR) is 86.6 cm³/mol. The SMILES string of the molecule is CCCCCCCCCN(CC(=O)O)NC(=O)OC(C)(C)C. The molecule has 0 fully saturated rings. The number of aliphatic carboxylic acids is 1. The standard InChI is InChI=1S/C16H32N2O4/c1-5-6-7-8-9-10-11-12-18(13-14(19)20)17-15(21)22-16(2,3)4/h5-13H2,1-4H3,(H,17,21)(H,19,20). The summed E-state index contributed by atoms with van der Waals surface area (Å²) < 4.78 is 5.14. The van der Waals surface area contributed by atoms with Crippen LogP contribution in [0.3, 0.4) is 0 Å². The molecule has 2 N–H and O–H groups in total. The maximum Gasteiger partial charge on any atom is 0.422 e. The van der Waals surface area contributed by atoms with Crippen LogP contribution in [0.4, 0.5) is 4.79 Å². The number of unbranched alkanes of at least 4 members (excludes halogenated alkanes) is 6. The van der Waals surface area contributed by atoms with E-state index in [4.69, 9.17) is 9.84 Å².